The van der Waals surface area contributed by atoms with Crippen LogP contribution >= 0.6 is 0 Å². The topological polar surface area (TPSA) is 65.8 Å². The number of hydrogen-bond acceptors (Lipinski definition) is 3. The van der Waals surface area contributed by atoms with Crippen LogP contribution in [0.4, 0.5) is 0 Å². The van der Waals surface area contributed by atoms with E-state index in [4.69, 9.17) is 0 Å². The summed E-state index contributed by atoms with van der Waals surface area (Å²) in [5.74, 6) is 0.0471. The third kappa shape index (κ3) is 4.91. The summed E-state index contributed by atoms with van der Waals surface area (Å²) in [5, 5.41) is 10.9. The second-order valence-electron chi connectivity index (χ2n) is 11.9. The molecule has 39 heavy (non-hydrogen) atoms. The highest BCUT2D eigenvalue weighted by Gasteiger charge is 2.31. The lowest BCUT2D eigenvalue weighted by molar-refractivity contribution is -0.126. The first-order valence-corrected chi connectivity index (χ1v) is 14.5. The molecular formula is C33H39N3O3. The summed E-state index contributed by atoms with van der Waals surface area (Å²) in [6.45, 7) is 3.33. The Morgan fingerprint density at radius 2 is 1.82 bits per heavy atom. The SMILES string of the molecule is CN1CCCC(CN(C)C(=O)C2=Cc3ccccc3-c3c(C4CCCCC4)c4ccc(C(=O)O)cc4n3C2)C1. The molecule has 2 fully saturated rings. The van der Waals surface area contributed by atoms with Gasteiger partial charge in [0, 0.05) is 42.2 Å². The van der Waals surface area contributed by atoms with Crippen LogP contribution < -0.4 is 0 Å². The summed E-state index contributed by atoms with van der Waals surface area (Å²) in [7, 11) is 4.09. The van der Waals surface area contributed by atoms with Gasteiger partial charge in [0.25, 0.3) is 5.91 Å². The van der Waals surface area contributed by atoms with Gasteiger partial charge in [-0.3, -0.25) is 4.79 Å². The Bertz CT molecular complexity index is 1450. The molecule has 0 bridgehead atoms. The van der Waals surface area contributed by atoms with Crippen LogP contribution in [-0.4, -0.2) is 65.1 Å². The first kappa shape index (κ1) is 25.9. The Balaban J connectivity index is 1.47. The Morgan fingerprint density at radius 1 is 1.03 bits per heavy atom. The summed E-state index contributed by atoms with van der Waals surface area (Å²) in [4.78, 5) is 30.2. The van der Waals surface area contributed by atoms with E-state index >= 15 is 0 Å². The zero-order valence-electron chi connectivity index (χ0n) is 23.2. The van der Waals surface area contributed by atoms with Crippen LogP contribution in [0.3, 0.4) is 0 Å². The fraction of sp³-hybridized carbons (Fsp3) is 0.455. The summed E-state index contributed by atoms with van der Waals surface area (Å²) in [6, 6.07) is 13.9. The summed E-state index contributed by atoms with van der Waals surface area (Å²) in [5.41, 5.74) is 6.62. The minimum Gasteiger partial charge on any atom is -0.478 e. The van der Waals surface area contributed by atoms with E-state index in [2.05, 4.69) is 40.8 Å². The van der Waals surface area contributed by atoms with Gasteiger partial charge >= 0.3 is 5.97 Å². The average Bonchev–Trinajstić information content (AvgIpc) is 3.15. The molecule has 1 aliphatic carbocycles. The van der Waals surface area contributed by atoms with Crippen LogP contribution in [-0.2, 0) is 11.3 Å². The quantitative estimate of drug-likeness (QED) is 0.428. The lowest BCUT2D eigenvalue weighted by Crippen LogP contribution is -2.40. The van der Waals surface area contributed by atoms with Crippen molar-refractivity contribution in [1.82, 2.24) is 14.4 Å². The predicted octanol–water partition coefficient (Wildman–Crippen LogP) is 6.25. The van der Waals surface area contributed by atoms with Gasteiger partial charge in [0.2, 0.25) is 0 Å². The summed E-state index contributed by atoms with van der Waals surface area (Å²) < 4.78 is 2.24. The van der Waals surface area contributed by atoms with E-state index in [-0.39, 0.29) is 11.5 Å². The molecule has 3 aromatic rings. The van der Waals surface area contributed by atoms with Crippen LogP contribution in [0.15, 0.2) is 48.0 Å². The predicted molar refractivity (Wildman–Crippen MR) is 156 cm³/mol. The molecule has 6 heteroatoms. The molecule has 1 atom stereocenters. The molecule has 1 amide bonds. The number of aromatic carboxylic acids is 1. The molecule has 0 radical (unpaired) electrons. The minimum absolute atomic E-state index is 0.0568. The number of carboxylic acids is 1. The maximum absolute atomic E-state index is 14.0. The number of likely N-dealkylation sites (tertiary alicyclic amines) is 1. The molecule has 6 rings (SSSR count). The number of carbonyl (C=O) groups is 2. The van der Waals surface area contributed by atoms with E-state index in [1.807, 2.05) is 30.1 Å². The third-order valence-electron chi connectivity index (χ3n) is 9.11. The van der Waals surface area contributed by atoms with Gasteiger partial charge in [-0.2, -0.15) is 0 Å². The molecule has 3 aliphatic rings. The first-order valence-electron chi connectivity index (χ1n) is 14.5. The molecule has 6 nitrogen and oxygen atoms in total. The first-order chi connectivity index (χ1) is 18.9. The van der Waals surface area contributed by atoms with Crippen molar-refractivity contribution in [3.63, 3.8) is 0 Å². The number of carboxylic acid groups (broad SMARTS) is 1. The van der Waals surface area contributed by atoms with Crippen molar-refractivity contribution >= 4 is 28.9 Å². The molecule has 1 N–H and O–H groups in total. The van der Waals surface area contributed by atoms with E-state index in [1.54, 1.807) is 6.07 Å². The van der Waals surface area contributed by atoms with Crippen LogP contribution in [0.25, 0.3) is 28.2 Å². The van der Waals surface area contributed by atoms with E-state index in [0.717, 1.165) is 72.2 Å². The molecular weight excluding hydrogens is 486 g/mol. The third-order valence-corrected chi connectivity index (χ3v) is 9.11. The van der Waals surface area contributed by atoms with E-state index in [0.29, 0.717) is 18.4 Å². The van der Waals surface area contributed by atoms with Crippen molar-refractivity contribution < 1.29 is 14.7 Å². The van der Waals surface area contributed by atoms with Crippen molar-refractivity contribution in [2.45, 2.75) is 57.4 Å². The summed E-state index contributed by atoms with van der Waals surface area (Å²) in [6.07, 6.45) is 10.4. The fourth-order valence-corrected chi connectivity index (χ4v) is 7.28. The normalized spacial score (nSPS) is 20.2. The number of benzene rings is 2. The van der Waals surface area contributed by atoms with Crippen LogP contribution in [0.1, 0.15) is 72.3 Å². The lowest BCUT2D eigenvalue weighted by Gasteiger charge is -2.32. The number of nitrogens with zero attached hydrogens (tertiary/aromatic N) is 3. The number of amides is 1. The largest absolute Gasteiger partial charge is 0.478 e. The fourth-order valence-electron chi connectivity index (χ4n) is 7.28. The van der Waals surface area contributed by atoms with E-state index < -0.39 is 5.97 Å². The highest BCUT2D eigenvalue weighted by atomic mass is 16.4. The highest BCUT2D eigenvalue weighted by molar-refractivity contribution is 6.03. The van der Waals surface area contributed by atoms with Gasteiger partial charge in [0.15, 0.2) is 0 Å². The van der Waals surface area contributed by atoms with Gasteiger partial charge in [-0.1, -0.05) is 49.6 Å². The zero-order chi connectivity index (χ0) is 27.1. The van der Waals surface area contributed by atoms with Crippen molar-refractivity contribution in [1.29, 1.82) is 0 Å². The second-order valence-corrected chi connectivity index (χ2v) is 11.9. The van der Waals surface area contributed by atoms with Gasteiger partial charge in [-0.15, -0.1) is 0 Å². The monoisotopic (exact) mass is 525 g/mol. The second kappa shape index (κ2) is 10.6. The van der Waals surface area contributed by atoms with Crippen molar-refractivity contribution in [2.75, 3.05) is 33.7 Å². The number of piperidine rings is 1. The Kier molecular flexibility index (Phi) is 7.06. The molecule has 2 aliphatic heterocycles. The van der Waals surface area contributed by atoms with Crippen molar-refractivity contribution in [2.24, 2.45) is 5.92 Å². The minimum atomic E-state index is -0.926. The van der Waals surface area contributed by atoms with Gasteiger partial charge in [-0.25, -0.2) is 4.79 Å². The zero-order valence-corrected chi connectivity index (χ0v) is 23.2. The van der Waals surface area contributed by atoms with Gasteiger partial charge in [0.05, 0.1) is 17.8 Å². The Labute approximate surface area is 230 Å². The number of rotatable bonds is 5. The van der Waals surface area contributed by atoms with Crippen LogP contribution in [0, 0.1) is 5.92 Å². The standard InChI is InChI=1S/C33H39N3O3/c1-34-16-8-9-22(19-34)20-35(2)32(37)26-17-24-12-6-7-13-27(24)31-30(23-10-4-3-5-11-23)28-15-14-25(33(38)39)18-29(28)36(31)21-26/h6-7,12-15,17-18,22-23H,3-5,8-11,16,19-21H2,1-2H3,(H,38,39). The molecule has 1 unspecified atom stereocenters. The maximum Gasteiger partial charge on any atom is 0.335 e. The van der Waals surface area contributed by atoms with Crippen LogP contribution in [0.5, 0.6) is 0 Å². The van der Waals surface area contributed by atoms with Gasteiger partial charge < -0.3 is 19.5 Å². The van der Waals surface area contributed by atoms with Crippen molar-refractivity contribution in [3.05, 3.63) is 64.7 Å². The number of fused-ring (bicyclic) bond motifs is 5. The van der Waals surface area contributed by atoms with Crippen molar-refractivity contribution in [3.8, 4) is 11.3 Å². The van der Waals surface area contributed by atoms with E-state index in [9.17, 15) is 14.7 Å². The molecule has 1 saturated carbocycles. The van der Waals surface area contributed by atoms with Gasteiger partial charge in [0.1, 0.15) is 0 Å². The molecule has 1 saturated heterocycles. The summed E-state index contributed by atoms with van der Waals surface area (Å²) >= 11 is 0. The Morgan fingerprint density at radius 3 is 2.59 bits per heavy atom. The lowest BCUT2D eigenvalue weighted by atomic mass is 9.81. The molecule has 204 valence electrons. The number of carbonyl (C=O) groups excluding carboxylic acids is 1. The molecule has 3 heterocycles. The van der Waals surface area contributed by atoms with E-state index in [1.165, 1.54) is 31.2 Å². The van der Waals surface area contributed by atoms with Gasteiger partial charge in [-0.05, 0) is 80.4 Å². The smallest absolute Gasteiger partial charge is 0.335 e. The number of likely N-dealkylation sites (N-methyl/N-ethyl adjacent to an activating group) is 1. The average molecular weight is 526 g/mol. The highest BCUT2D eigenvalue weighted by Crippen LogP contribution is 2.46. The maximum atomic E-state index is 14.0. The Hall–Kier alpha value is -3.38. The number of hydrogen-bond donors (Lipinski definition) is 1. The van der Waals surface area contributed by atoms with Crippen LogP contribution in [0.2, 0.25) is 0 Å². The molecule has 1 aromatic heterocycles. The number of aromatic nitrogens is 1. The molecule has 0 spiro atoms. The molecule has 2 aromatic carbocycles.